The third kappa shape index (κ3) is 4.77. The molecular formula is C18H18N4O2S. The Morgan fingerprint density at radius 3 is 2.16 bits per heavy atom. The molecule has 7 heteroatoms. The van der Waals surface area contributed by atoms with Gasteiger partial charge in [-0.2, -0.15) is 0 Å². The number of nitrogens with zero attached hydrogens (tertiary/aromatic N) is 2. The van der Waals surface area contributed by atoms with Gasteiger partial charge in [0.1, 0.15) is 11.6 Å². The Hall–Kier alpha value is -2.93. The van der Waals surface area contributed by atoms with E-state index in [0.717, 1.165) is 23.2 Å². The maximum atomic E-state index is 11.2. The first-order valence-corrected chi connectivity index (χ1v) is 9.54. The zero-order chi connectivity index (χ0) is 17.9. The van der Waals surface area contributed by atoms with Crippen molar-refractivity contribution < 1.29 is 8.42 Å². The standard InChI is InChI=1S/C18H18N4O2S/c1-13-19-17(14-6-4-3-5-7-14)12-18(20-13)21-15-8-10-16(11-9-15)22-25(2,23)24/h3-12,22H,1-2H3,(H,19,20,21). The summed E-state index contributed by atoms with van der Waals surface area (Å²) in [7, 11) is -3.28. The molecule has 6 nitrogen and oxygen atoms in total. The molecule has 0 saturated carbocycles. The smallest absolute Gasteiger partial charge is 0.229 e. The van der Waals surface area contributed by atoms with Gasteiger partial charge in [0.25, 0.3) is 0 Å². The summed E-state index contributed by atoms with van der Waals surface area (Å²) < 4.78 is 24.9. The fourth-order valence-corrected chi connectivity index (χ4v) is 2.94. The second-order valence-corrected chi connectivity index (χ2v) is 7.38. The largest absolute Gasteiger partial charge is 0.340 e. The van der Waals surface area contributed by atoms with Gasteiger partial charge < -0.3 is 5.32 Å². The lowest BCUT2D eigenvalue weighted by molar-refractivity contribution is 0.607. The molecule has 0 radical (unpaired) electrons. The fraction of sp³-hybridized carbons (Fsp3) is 0.111. The molecule has 0 atom stereocenters. The molecule has 0 spiro atoms. The average molecular weight is 354 g/mol. The number of hydrogen-bond donors (Lipinski definition) is 2. The Morgan fingerprint density at radius 2 is 1.52 bits per heavy atom. The highest BCUT2D eigenvalue weighted by Crippen LogP contribution is 2.23. The number of aromatic nitrogens is 2. The third-order valence-corrected chi connectivity index (χ3v) is 3.97. The number of anilines is 3. The van der Waals surface area contributed by atoms with Crippen molar-refractivity contribution in [3.8, 4) is 11.3 Å². The molecule has 0 unspecified atom stereocenters. The Balaban J connectivity index is 1.82. The molecule has 1 aromatic heterocycles. The summed E-state index contributed by atoms with van der Waals surface area (Å²) in [6.07, 6.45) is 1.12. The molecule has 3 rings (SSSR count). The van der Waals surface area contributed by atoms with Gasteiger partial charge in [0.2, 0.25) is 10.0 Å². The van der Waals surface area contributed by atoms with Crippen LogP contribution in [0.1, 0.15) is 5.82 Å². The van der Waals surface area contributed by atoms with E-state index in [9.17, 15) is 8.42 Å². The SMILES string of the molecule is Cc1nc(Nc2ccc(NS(C)(=O)=O)cc2)cc(-c2ccccc2)n1. The molecule has 0 aliphatic carbocycles. The Kier molecular flexibility index (Phi) is 4.67. The fourth-order valence-electron chi connectivity index (χ4n) is 2.37. The minimum atomic E-state index is -3.28. The monoisotopic (exact) mass is 354 g/mol. The van der Waals surface area contributed by atoms with Crippen LogP contribution in [0, 0.1) is 6.92 Å². The van der Waals surface area contributed by atoms with Crippen LogP contribution in [0.3, 0.4) is 0 Å². The van der Waals surface area contributed by atoms with Gasteiger partial charge in [-0.15, -0.1) is 0 Å². The summed E-state index contributed by atoms with van der Waals surface area (Å²) in [6, 6.07) is 18.7. The van der Waals surface area contributed by atoms with Crippen LogP contribution >= 0.6 is 0 Å². The van der Waals surface area contributed by atoms with Crippen LogP contribution in [-0.2, 0) is 10.0 Å². The van der Waals surface area contributed by atoms with Crippen molar-refractivity contribution in [3.63, 3.8) is 0 Å². The van der Waals surface area contributed by atoms with Crippen LogP contribution in [0.15, 0.2) is 60.7 Å². The number of benzene rings is 2. The highest BCUT2D eigenvalue weighted by Gasteiger charge is 2.06. The molecule has 2 aromatic carbocycles. The van der Waals surface area contributed by atoms with Gasteiger partial charge in [-0.3, -0.25) is 4.72 Å². The van der Waals surface area contributed by atoms with E-state index in [0.29, 0.717) is 17.3 Å². The summed E-state index contributed by atoms with van der Waals surface area (Å²) in [4.78, 5) is 8.88. The lowest BCUT2D eigenvalue weighted by Crippen LogP contribution is -2.09. The number of hydrogen-bond acceptors (Lipinski definition) is 5. The van der Waals surface area contributed by atoms with E-state index in [1.807, 2.05) is 43.3 Å². The molecule has 1 heterocycles. The number of aryl methyl sites for hydroxylation is 1. The Morgan fingerprint density at radius 1 is 0.880 bits per heavy atom. The van der Waals surface area contributed by atoms with Crippen molar-refractivity contribution in [2.75, 3.05) is 16.3 Å². The van der Waals surface area contributed by atoms with E-state index in [4.69, 9.17) is 0 Å². The molecule has 3 aromatic rings. The van der Waals surface area contributed by atoms with Gasteiger partial charge in [0.05, 0.1) is 11.9 Å². The van der Waals surface area contributed by atoms with Gasteiger partial charge in [-0.05, 0) is 31.2 Å². The number of nitrogens with one attached hydrogen (secondary N) is 2. The van der Waals surface area contributed by atoms with Crippen LogP contribution in [0.25, 0.3) is 11.3 Å². The minimum Gasteiger partial charge on any atom is -0.340 e. The van der Waals surface area contributed by atoms with Crippen LogP contribution in [0.4, 0.5) is 17.2 Å². The maximum Gasteiger partial charge on any atom is 0.229 e. The van der Waals surface area contributed by atoms with E-state index >= 15 is 0 Å². The molecule has 0 aliphatic rings. The first-order chi connectivity index (χ1) is 11.9. The quantitative estimate of drug-likeness (QED) is 0.732. The molecule has 25 heavy (non-hydrogen) atoms. The van der Waals surface area contributed by atoms with E-state index in [1.165, 1.54) is 0 Å². The summed E-state index contributed by atoms with van der Waals surface area (Å²) in [5, 5.41) is 3.22. The van der Waals surface area contributed by atoms with Crippen LogP contribution in [0.5, 0.6) is 0 Å². The van der Waals surface area contributed by atoms with Crippen molar-refractivity contribution in [2.24, 2.45) is 0 Å². The zero-order valence-corrected chi connectivity index (χ0v) is 14.7. The first-order valence-electron chi connectivity index (χ1n) is 7.65. The number of sulfonamides is 1. The molecule has 2 N–H and O–H groups in total. The molecular weight excluding hydrogens is 336 g/mol. The second kappa shape index (κ2) is 6.90. The highest BCUT2D eigenvalue weighted by atomic mass is 32.2. The lowest BCUT2D eigenvalue weighted by Gasteiger charge is -2.10. The highest BCUT2D eigenvalue weighted by molar-refractivity contribution is 7.92. The van der Waals surface area contributed by atoms with E-state index < -0.39 is 10.0 Å². The summed E-state index contributed by atoms with van der Waals surface area (Å²) in [6.45, 7) is 1.84. The van der Waals surface area contributed by atoms with E-state index in [-0.39, 0.29) is 0 Å². The van der Waals surface area contributed by atoms with Crippen molar-refractivity contribution in [2.45, 2.75) is 6.92 Å². The Bertz CT molecular complexity index is 972. The van der Waals surface area contributed by atoms with Crippen molar-refractivity contribution in [3.05, 3.63) is 66.5 Å². The summed E-state index contributed by atoms with van der Waals surface area (Å²) in [5.41, 5.74) is 3.17. The maximum absolute atomic E-state index is 11.2. The second-order valence-electron chi connectivity index (χ2n) is 5.63. The van der Waals surface area contributed by atoms with Crippen LogP contribution < -0.4 is 10.0 Å². The normalized spacial score (nSPS) is 11.1. The van der Waals surface area contributed by atoms with Gasteiger partial charge >= 0.3 is 0 Å². The molecule has 0 amide bonds. The molecule has 128 valence electrons. The molecule has 0 saturated heterocycles. The third-order valence-electron chi connectivity index (χ3n) is 3.37. The van der Waals surface area contributed by atoms with Gasteiger partial charge in [-0.1, -0.05) is 30.3 Å². The van der Waals surface area contributed by atoms with Gasteiger partial charge in [0, 0.05) is 23.0 Å². The summed E-state index contributed by atoms with van der Waals surface area (Å²) >= 11 is 0. The van der Waals surface area contributed by atoms with E-state index in [1.54, 1.807) is 24.3 Å². The minimum absolute atomic E-state index is 0.511. The zero-order valence-electron chi connectivity index (χ0n) is 13.9. The van der Waals surface area contributed by atoms with Crippen molar-refractivity contribution in [1.29, 1.82) is 0 Å². The van der Waals surface area contributed by atoms with E-state index in [2.05, 4.69) is 20.0 Å². The van der Waals surface area contributed by atoms with Gasteiger partial charge in [0.15, 0.2) is 0 Å². The summed E-state index contributed by atoms with van der Waals surface area (Å²) in [5.74, 6) is 1.34. The average Bonchev–Trinajstić information content (AvgIpc) is 2.56. The predicted molar refractivity (Wildman–Crippen MR) is 100 cm³/mol. The predicted octanol–water partition coefficient (Wildman–Crippen LogP) is 3.57. The first kappa shape index (κ1) is 16.9. The van der Waals surface area contributed by atoms with Crippen molar-refractivity contribution in [1.82, 2.24) is 9.97 Å². The molecule has 0 aliphatic heterocycles. The number of rotatable bonds is 5. The molecule has 0 fully saturated rings. The topological polar surface area (TPSA) is 84.0 Å². The Labute approximate surface area is 147 Å². The molecule has 0 bridgehead atoms. The van der Waals surface area contributed by atoms with Crippen molar-refractivity contribution >= 4 is 27.2 Å². The van der Waals surface area contributed by atoms with Crippen LogP contribution in [-0.4, -0.2) is 24.6 Å². The lowest BCUT2D eigenvalue weighted by atomic mass is 10.1. The van der Waals surface area contributed by atoms with Crippen LogP contribution in [0.2, 0.25) is 0 Å². The van der Waals surface area contributed by atoms with Gasteiger partial charge in [-0.25, -0.2) is 18.4 Å².